The molecule has 0 fully saturated rings. The fraction of sp³-hybridized carbons (Fsp3) is 0.500. The van der Waals surface area contributed by atoms with E-state index in [0.29, 0.717) is 18.7 Å². The molecule has 6 nitrogen and oxygen atoms in total. The van der Waals surface area contributed by atoms with Gasteiger partial charge in [0, 0.05) is 12.2 Å². The third kappa shape index (κ3) is 6.31. The summed E-state index contributed by atoms with van der Waals surface area (Å²) in [5.41, 5.74) is 6.24. The summed E-state index contributed by atoms with van der Waals surface area (Å²) >= 11 is 0. The van der Waals surface area contributed by atoms with Gasteiger partial charge in [-0.1, -0.05) is 20.3 Å². The number of sulfonamides is 1. The second kappa shape index (κ2) is 9.78. The molecule has 1 aromatic rings. The second-order valence-electron chi connectivity index (χ2n) is 4.81. The van der Waals surface area contributed by atoms with Crippen molar-refractivity contribution in [3.05, 3.63) is 24.3 Å². The van der Waals surface area contributed by atoms with Crippen molar-refractivity contribution in [2.24, 2.45) is 5.73 Å². The highest BCUT2D eigenvalue weighted by Gasteiger charge is 2.15. The summed E-state index contributed by atoms with van der Waals surface area (Å²) < 4.78 is 26.3. The molecule has 126 valence electrons. The molecule has 4 N–H and O–H groups in total. The summed E-state index contributed by atoms with van der Waals surface area (Å²) in [4.78, 5) is 11.9. The fourth-order valence-corrected chi connectivity index (χ4v) is 2.85. The largest absolute Gasteiger partial charge is 0.325 e. The average Bonchev–Trinajstić information content (AvgIpc) is 2.46. The normalized spacial score (nSPS) is 12.3. The van der Waals surface area contributed by atoms with Gasteiger partial charge in [0.15, 0.2) is 0 Å². The first-order valence-electron chi connectivity index (χ1n) is 7.07. The highest BCUT2D eigenvalue weighted by atomic mass is 35.5. The van der Waals surface area contributed by atoms with Gasteiger partial charge in [-0.2, -0.15) is 0 Å². The van der Waals surface area contributed by atoms with Gasteiger partial charge in [0.1, 0.15) is 0 Å². The molecular formula is C14H24ClN3O3S. The van der Waals surface area contributed by atoms with Crippen molar-refractivity contribution in [3.8, 4) is 0 Å². The van der Waals surface area contributed by atoms with Gasteiger partial charge in [0.05, 0.1) is 10.9 Å². The zero-order valence-electron chi connectivity index (χ0n) is 12.8. The first-order chi connectivity index (χ1) is 9.90. The van der Waals surface area contributed by atoms with Crippen LogP contribution in [0.15, 0.2) is 29.2 Å². The number of nitrogens with two attached hydrogens (primary N) is 1. The summed E-state index contributed by atoms with van der Waals surface area (Å²) in [6.45, 7) is 4.24. The minimum absolute atomic E-state index is 0. The molecule has 0 aliphatic heterocycles. The number of amides is 1. The van der Waals surface area contributed by atoms with E-state index in [2.05, 4.69) is 10.0 Å². The van der Waals surface area contributed by atoms with E-state index >= 15 is 0 Å². The smallest absolute Gasteiger partial charge is 0.241 e. The van der Waals surface area contributed by atoms with Crippen LogP contribution < -0.4 is 15.8 Å². The molecule has 8 heteroatoms. The minimum Gasteiger partial charge on any atom is -0.325 e. The molecule has 1 amide bonds. The van der Waals surface area contributed by atoms with Crippen molar-refractivity contribution in [2.45, 2.75) is 44.0 Å². The number of carbonyl (C=O) groups is 1. The third-order valence-corrected chi connectivity index (χ3v) is 4.39. The summed E-state index contributed by atoms with van der Waals surface area (Å²) in [7, 11) is -3.48. The summed E-state index contributed by atoms with van der Waals surface area (Å²) in [5.74, 6) is -0.267. The number of anilines is 1. The van der Waals surface area contributed by atoms with E-state index in [-0.39, 0.29) is 23.2 Å². The van der Waals surface area contributed by atoms with Gasteiger partial charge in [-0.05, 0) is 37.1 Å². The molecule has 0 saturated carbocycles. The molecule has 0 aliphatic rings. The van der Waals surface area contributed by atoms with E-state index in [9.17, 15) is 13.2 Å². The molecule has 0 radical (unpaired) electrons. The molecule has 0 aromatic heterocycles. The van der Waals surface area contributed by atoms with E-state index in [0.717, 1.165) is 12.8 Å². The van der Waals surface area contributed by atoms with Crippen LogP contribution in [0.1, 0.15) is 33.1 Å². The lowest BCUT2D eigenvalue weighted by Gasteiger charge is -2.11. The van der Waals surface area contributed by atoms with Crippen molar-refractivity contribution in [1.82, 2.24) is 4.72 Å². The molecule has 1 rings (SSSR count). The monoisotopic (exact) mass is 349 g/mol. The van der Waals surface area contributed by atoms with Crippen LogP contribution in [0.25, 0.3) is 0 Å². The number of nitrogens with one attached hydrogen (secondary N) is 2. The van der Waals surface area contributed by atoms with Crippen LogP contribution in [0.4, 0.5) is 5.69 Å². The average molecular weight is 350 g/mol. The van der Waals surface area contributed by atoms with Crippen molar-refractivity contribution in [1.29, 1.82) is 0 Å². The Bertz CT molecular complexity index is 561. The number of benzene rings is 1. The van der Waals surface area contributed by atoms with Crippen molar-refractivity contribution in [3.63, 3.8) is 0 Å². The van der Waals surface area contributed by atoms with E-state index in [4.69, 9.17) is 5.73 Å². The number of rotatable bonds is 8. The van der Waals surface area contributed by atoms with Gasteiger partial charge in [-0.3, -0.25) is 4.79 Å². The highest BCUT2D eigenvalue weighted by molar-refractivity contribution is 7.89. The van der Waals surface area contributed by atoms with Crippen LogP contribution in [-0.4, -0.2) is 26.9 Å². The molecule has 0 saturated heterocycles. The standard InChI is InChI=1S/C14H23N3O3S.ClH/c1-3-5-13(15)14(18)17-11-6-8-12(9-7-11)21(19,20)16-10-4-2;/h6-9,13,16H,3-5,10,15H2,1-2H3,(H,17,18);1H. The van der Waals surface area contributed by atoms with E-state index in [1.54, 1.807) is 12.1 Å². The molecule has 0 bridgehead atoms. The van der Waals surface area contributed by atoms with Gasteiger partial charge in [0.25, 0.3) is 0 Å². The fourth-order valence-electron chi connectivity index (χ4n) is 1.71. The molecule has 0 spiro atoms. The second-order valence-corrected chi connectivity index (χ2v) is 6.57. The topological polar surface area (TPSA) is 101 Å². The Morgan fingerprint density at radius 1 is 1.18 bits per heavy atom. The maximum atomic E-state index is 11.9. The Balaban J connectivity index is 0.00000441. The molecule has 0 aliphatic carbocycles. The SMILES string of the molecule is CCCNS(=O)(=O)c1ccc(NC(=O)C(N)CCC)cc1.Cl. The summed E-state index contributed by atoms with van der Waals surface area (Å²) in [6.07, 6.45) is 2.16. The van der Waals surface area contributed by atoms with Crippen LogP contribution in [0.5, 0.6) is 0 Å². The maximum absolute atomic E-state index is 11.9. The molecule has 1 unspecified atom stereocenters. The first kappa shape index (κ1) is 20.9. The van der Waals surface area contributed by atoms with Crippen LogP contribution >= 0.6 is 12.4 Å². The number of carbonyl (C=O) groups excluding carboxylic acids is 1. The molecule has 1 aromatic carbocycles. The lowest BCUT2D eigenvalue weighted by Crippen LogP contribution is -2.35. The number of hydrogen-bond acceptors (Lipinski definition) is 4. The number of halogens is 1. The van der Waals surface area contributed by atoms with Crippen LogP contribution in [0, 0.1) is 0 Å². The van der Waals surface area contributed by atoms with Crippen molar-refractivity contribution in [2.75, 3.05) is 11.9 Å². The van der Waals surface area contributed by atoms with Gasteiger partial charge < -0.3 is 11.1 Å². The van der Waals surface area contributed by atoms with Crippen LogP contribution in [0.3, 0.4) is 0 Å². The van der Waals surface area contributed by atoms with Gasteiger partial charge in [-0.15, -0.1) is 12.4 Å². The Hall–Kier alpha value is -1.15. The zero-order valence-corrected chi connectivity index (χ0v) is 14.5. The predicted octanol–water partition coefficient (Wildman–Crippen LogP) is 1.86. The maximum Gasteiger partial charge on any atom is 0.241 e. The van der Waals surface area contributed by atoms with Crippen LogP contribution in [0.2, 0.25) is 0 Å². The Labute approximate surface area is 138 Å². The van der Waals surface area contributed by atoms with E-state index < -0.39 is 16.1 Å². The lowest BCUT2D eigenvalue weighted by atomic mass is 10.1. The van der Waals surface area contributed by atoms with E-state index in [1.165, 1.54) is 12.1 Å². The third-order valence-electron chi connectivity index (χ3n) is 2.91. The van der Waals surface area contributed by atoms with Gasteiger partial charge in [0.2, 0.25) is 15.9 Å². The quantitative estimate of drug-likeness (QED) is 0.666. The van der Waals surface area contributed by atoms with Gasteiger partial charge in [-0.25, -0.2) is 13.1 Å². The summed E-state index contributed by atoms with van der Waals surface area (Å²) in [5, 5.41) is 2.67. The molecular weight excluding hydrogens is 326 g/mol. The first-order valence-corrected chi connectivity index (χ1v) is 8.55. The van der Waals surface area contributed by atoms with Crippen molar-refractivity contribution < 1.29 is 13.2 Å². The zero-order chi connectivity index (χ0) is 15.9. The summed E-state index contributed by atoms with van der Waals surface area (Å²) in [6, 6.07) is 5.47. The Morgan fingerprint density at radius 2 is 1.77 bits per heavy atom. The highest BCUT2D eigenvalue weighted by Crippen LogP contribution is 2.14. The van der Waals surface area contributed by atoms with E-state index in [1.807, 2.05) is 13.8 Å². The Morgan fingerprint density at radius 3 is 2.27 bits per heavy atom. The lowest BCUT2D eigenvalue weighted by molar-refractivity contribution is -0.117. The van der Waals surface area contributed by atoms with Gasteiger partial charge >= 0.3 is 0 Å². The minimum atomic E-state index is -3.48. The Kier molecular flexibility index (Phi) is 9.27. The molecule has 1 atom stereocenters. The van der Waals surface area contributed by atoms with Crippen molar-refractivity contribution >= 4 is 34.0 Å². The predicted molar refractivity (Wildman–Crippen MR) is 90.7 cm³/mol. The molecule has 0 heterocycles. The number of hydrogen-bond donors (Lipinski definition) is 3. The molecule has 22 heavy (non-hydrogen) atoms. The van der Waals surface area contributed by atoms with Crippen LogP contribution in [-0.2, 0) is 14.8 Å².